The summed E-state index contributed by atoms with van der Waals surface area (Å²) in [5, 5.41) is 8.79. The Labute approximate surface area is 86.7 Å². The minimum Gasteiger partial charge on any atom is -0.354 e. The molecule has 1 amide bonds. The SMILES string of the molecule is Cc1csc(NC2CCCNC2=O)n1. The molecule has 2 heterocycles. The van der Waals surface area contributed by atoms with E-state index in [4.69, 9.17) is 0 Å². The number of piperidine rings is 1. The molecule has 4 nitrogen and oxygen atoms in total. The summed E-state index contributed by atoms with van der Waals surface area (Å²) in [6.07, 6.45) is 1.93. The summed E-state index contributed by atoms with van der Waals surface area (Å²) in [6, 6.07) is -0.103. The van der Waals surface area contributed by atoms with Gasteiger partial charge in [0.2, 0.25) is 5.91 Å². The van der Waals surface area contributed by atoms with Crippen LogP contribution in [0.2, 0.25) is 0 Å². The van der Waals surface area contributed by atoms with Gasteiger partial charge in [0.25, 0.3) is 0 Å². The number of hydrogen-bond donors (Lipinski definition) is 2. The van der Waals surface area contributed by atoms with Crippen LogP contribution < -0.4 is 10.6 Å². The van der Waals surface area contributed by atoms with Gasteiger partial charge in [-0.3, -0.25) is 4.79 Å². The van der Waals surface area contributed by atoms with E-state index in [1.165, 1.54) is 0 Å². The van der Waals surface area contributed by atoms with Crippen molar-refractivity contribution in [2.45, 2.75) is 25.8 Å². The number of aromatic nitrogens is 1. The highest BCUT2D eigenvalue weighted by molar-refractivity contribution is 7.13. The van der Waals surface area contributed by atoms with E-state index in [9.17, 15) is 4.79 Å². The molecule has 0 bridgehead atoms. The van der Waals surface area contributed by atoms with E-state index in [1.807, 2.05) is 12.3 Å². The lowest BCUT2D eigenvalue weighted by Crippen LogP contribution is -2.44. The molecule has 0 aliphatic carbocycles. The molecule has 5 heteroatoms. The van der Waals surface area contributed by atoms with Crippen molar-refractivity contribution in [3.63, 3.8) is 0 Å². The zero-order chi connectivity index (χ0) is 9.97. The Morgan fingerprint density at radius 2 is 2.57 bits per heavy atom. The van der Waals surface area contributed by atoms with Crippen LogP contribution in [0.1, 0.15) is 18.5 Å². The molecule has 1 atom stereocenters. The van der Waals surface area contributed by atoms with Crippen LogP contribution in [0.4, 0.5) is 5.13 Å². The van der Waals surface area contributed by atoms with Crippen molar-refractivity contribution in [2.24, 2.45) is 0 Å². The van der Waals surface area contributed by atoms with Crippen molar-refractivity contribution in [1.29, 1.82) is 0 Å². The normalized spacial score (nSPS) is 21.8. The third-order valence-electron chi connectivity index (χ3n) is 2.20. The fourth-order valence-electron chi connectivity index (χ4n) is 1.48. The molecule has 76 valence electrons. The summed E-state index contributed by atoms with van der Waals surface area (Å²) in [6.45, 7) is 2.75. The molecule has 1 aliphatic heterocycles. The lowest BCUT2D eigenvalue weighted by molar-refractivity contribution is -0.123. The molecule has 0 saturated carbocycles. The zero-order valence-electron chi connectivity index (χ0n) is 8.04. The number of hydrogen-bond acceptors (Lipinski definition) is 4. The number of anilines is 1. The molecule has 0 spiro atoms. The first-order valence-corrected chi connectivity index (χ1v) is 5.60. The standard InChI is InChI=1S/C9H13N3OS/c1-6-5-14-9(11-6)12-7-3-2-4-10-8(7)13/h5,7H,2-4H2,1H3,(H,10,13)(H,11,12). The predicted octanol–water partition coefficient (Wildman–Crippen LogP) is 1.14. The van der Waals surface area contributed by atoms with Gasteiger partial charge in [-0.15, -0.1) is 11.3 Å². The fraction of sp³-hybridized carbons (Fsp3) is 0.556. The molecule has 2 N–H and O–H groups in total. The number of aryl methyl sites for hydroxylation is 1. The quantitative estimate of drug-likeness (QED) is 0.771. The summed E-state index contributed by atoms with van der Waals surface area (Å²) in [5.74, 6) is 0.0871. The minimum absolute atomic E-state index is 0.0871. The van der Waals surface area contributed by atoms with Crippen molar-refractivity contribution in [3.8, 4) is 0 Å². The van der Waals surface area contributed by atoms with E-state index in [2.05, 4.69) is 15.6 Å². The van der Waals surface area contributed by atoms with Gasteiger partial charge in [-0.05, 0) is 19.8 Å². The van der Waals surface area contributed by atoms with E-state index in [1.54, 1.807) is 11.3 Å². The second kappa shape index (κ2) is 3.96. The van der Waals surface area contributed by atoms with Crippen LogP contribution in [-0.2, 0) is 4.79 Å². The lowest BCUT2D eigenvalue weighted by Gasteiger charge is -2.22. The molecule has 1 aromatic rings. The van der Waals surface area contributed by atoms with E-state index in [-0.39, 0.29) is 11.9 Å². The largest absolute Gasteiger partial charge is 0.354 e. The summed E-state index contributed by atoms with van der Waals surface area (Å²) < 4.78 is 0. The first-order chi connectivity index (χ1) is 6.75. The average Bonchev–Trinajstić information content (AvgIpc) is 2.56. The van der Waals surface area contributed by atoms with Gasteiger partial charge in [0.05, 0.1) is 5.69 Å². The number of nitrogens with zero attached hydrogens (tertiary/aromatic N) is 1. The van der Waals surface area contributed by atoms with E-state index in [0.717, 1.165) is 30.2 Å². The maximum atomic E-state index is 11.4. The Balaban J connectivity index is 1.99. The van der Waals surface area contributed by atoms with Gasteiger partial charge in [0.1, 0.15) is 6.04 Å². The first kappa shape index (κ1) is 9.45. The van der Waals surface area contributed by atoms with Crippen LogP contribution in [0.3, 0.4) is 0 Å². The molecule has 2 rings (SSSR count). The number of nitrogens with one attached hydrogen (secondary N) is 2. The fourth-order valence-corrected chi connectivity index (χ4v) is 2.22. The van der Waals surface area contributed by atoms with E-state index in [0.29, 0.717) is 0 Å². The van der Waals surface area contributed by atoms with Crippen molar-refractivity contribution >= 4 is 22.4 Å². The van der Waals surface area contributed by atoms with Gasteiger partial charge < -0.3 is 10.6 Å². The molecule has 0 radical (unpaired) electrons. The second-order valence-corrected chi connectivity index (χ2v) is 4.28. The lowest BCUT2D eigenvalue weighted by atomic mass is 10.1. The number of rotatable bonds is 2. The van der Waals surface area contributed by atoms with Crippen LogP contribution in [0, 0.1) is 6.92 Å². The highest BCUT2D eigenvalue weighted by Gasteiger charge is 2.22. The smallest absolute Gasteiger partial charge is 0.242 e. The first-order valence-electron chi connectivity index (χ1n) is 4.72. The van der Waals surface area contributed by atoms with E-state index >= 15 is 0 Å². The van der Waals surface area contributed by atoms with Gasteiger partial charge in [0, 0.05) is 11.9 Å². The minimum atomic E-state index is -0.103. The number of carbonyl (C=O) groups is 1. The topological polar surface area (TPSA) is 54.0 Å². The van der Waals surface area contributed by atoms with Crippen molar-refractivity contribution < 1.29 is 4.79 Å². The molecule has 14 heavy (non-hydrogen) atoms. The zero-order valence-corrected chi connectivity index (χ0v) is 8.86. The molecule has 1 saturated heterocycles. The van der Waals surface area contributed by atoms with Gasteiger partial charge in [-0.25, -0.2) is 4.98 Å². The highest BCUT2D eigenvalue weighted by atomic mass is 32.1. The summed E-state index contributed by atoms with van der Waals surface area (Å²) in [5.41, 5.74) is 0.994. The maximum absolute atomic E-state index is 11.4. The summed E-state index contributed by atoms with van der Waals surface area (Å²) in [4.78, 5) is 15.7. The molecule has 1 fully saturated rings. The third-order valence-corrected chi connectivity index (χ3v) is 3.09. The Kier molecular flexibility index (Phi) is 2.67. The number of carbonyl (C=O) groups excluding carboxylic acids is 1. The monoisotopic (exact) mass is 211 g/mol. The summed E-state index contributed by atoms with van der Waals surface area (Å²) >= 11 is 1.54. The Morgan fingerprint density at radius 1 is 1.71 bits per heavy atom. The number of amides is 1. The van der Waals surface area contributed by atoms with Crippen molar-refractivity contribution in [3.05, 3.63) is 11.1 Å². The Morgan fingerprint density at radius 3 is 3.21 bits per heavy atom. The maximum Gasteiger partial charge on any atom is 0.242 e. The van der Waals surface area contributed by atoms with Gasteiger partial charge in [0.15, 0.2) is 5.13 Å². The molecule has 1 aliphatic rings. The Hall–Kier alpha value is -1.10. The van der Waals surface area contributed by atoms with Crippen LogP contribution in [0.15, 0.2) is 5.38 Å². The van der Waals surface area contributed by atoms with Crippen molar-refractivity contribution in [2.75, 3.05) is 11.9 Å². The second-order valence-electron chi connectivity index (χ2n) is 3.42. The highest BCUT2D eigenvalue weighted by Crippen LogP contribution is 2.17. The van der Waals surface area contributed by atoms with Gasteiger partial charge in [-0.1, -0.05) is 0 Å². The summed E-state index contributed by atoms with van der Waals surface area (Å²) in [7, 11) is 0. The van der Waals surface area contributed by atoms with Crippen LogP contribution in [0.5, 0.6) is 0 Å². The molecule has 1 aromatic heterocycles. The van der Waals surface area contributed by atoms with Crippen LogP contribution in [0.25, 0.3) is 0 Å². The molecule has 0 aromatic carbocycles. The predicted molar refractivity (Wildman–Crippen MR) is 56.5 cm³/mol. The molecule has 1 unspecified atom stereocenters. The average molecular weight is 211 g/mol. The van der Waals surface area contributed by atoms with Crippen molar-refractivity contribution in [1.82, 2.24) is 10.3 Å². The molecular formula is C9H13N3OS. The van der Waals surface area contributed by atoms with Gasteiger partial charge >= 0.3 is 0 Å². The van der Waals surface area contributed by atoms with Crippen LogP contribution >= 0.6 is 11.3 Å². The molecular weight excluding hydrogens is 198 g/mol. The third kappa shape index (κ3) is 2.04. The van der Waals surface area contributed by atoms with E-state index < -0.39 is 0 Å². The number of thiazole rings is 1. The Bertz CT molecular complexity index is 337. The van der Waals surface area contributed by atoms with Gasteiger partial charge in [-0.2, -0.15) is 0 Å². The van der Waals surface area contributed by atoms with Crippen LogP contribution in [-0.4, -0.2) is 23.5 Å².